The summed E-state index contributed by atoms with van der Waals surface area (Å²) in [4.78, 5) is 4.30. The summed E-state index contributed by atoms with van der Waals surface area (Å²) in [5.41, 5.74) is 0.833. The van der Waals surface area contributed by atoms with Gasteiger partial charge in [0.2, 0.25) is 0 Å². The summed E-state index contributed by atoms with van der Waals surface area (Å²) in [6, 6.07) is 5.56. The number of rotatable bonds is 8. The summed E-state index contributed by atoms with van der Waals surface area (Å²) in [7, 11) is 1.60. The Kier molecular flexibility index (Phi) is 8.01. The number of methoxy groups -OCH3 is 1. The van der Waals surface area contributed by atoms with Crippen molar-refractivity contribution < 1.29 is 13.9 Å². The van der Waals surface area contributed by atoms with Crippen LogP contribution in [0.4, 0.5) is 10.1 Å². The summed E-state index contributed by atoms with van der Waals surface area (Å²) >= 11 is 0. The molecule has 0 spiro atoms. The molecule has 0 fully saturated rings. The van der Waals surface area contributed by atoms with E-state index < -0.39 is 0 Å². The first-order valence-corrected chi connectivity index (χ1v) is 7.17. The topological polar surface area (TPSA) is 54.9 Å². The highest BCUT2D eigenvalue weighted by atomic mass is 19.1. The van der Waals surface area contributed by atoms with Crippen molar-refractivity contribution in [3.63, 3.8) is 0 Å². The van der Waals surface area contributed by atoms with E-state index in [1.165, 1.54) is 0 Å². The van der Waals surface area contributed by atoms with Crippen LogP contribution in [0.2, 0.25) is 0 Å². The smallest absolute Gasteiger partial charge is 0.195 e. The van der Waals surface area contributed by atoms with Crippen LogP contribution in [0.25, 0.3) is 0 Å². The van der Waals surface area contributed by atoms with E-state index in [2.05, 4.69) is 15.6 Å². The second-order valence-corrected chi connectivity index (χ2v) is 4.23. The number of nitrogens with one attached hydrogen (secondary N) is 2. The fourth-order valence-electron chi connectivity index (χ4n) is 1.72. The fourth-order valence-corrected chi connectivity index (χ4v) is 1.72. The molecule has 5 nitrogen and oxygen atoms in total. The van der Waals surface area contributed by atoms with Crippen LogP contribution in [0.1, 0.15) is 20.3 Å². The maximum atomic E-state index is 12.1. The lowest BCUT2D eigenvalue weighted by molar-refractivity contribution is 0.311. The molecular formula is C15H24FN3O2. The highest BCUT2D eigenvalue weighted by molar-refractivity contribution is 5.93. The Labute approximate surface area is 125 Å². The molecule has 1 aromatic carbocycles. The Hall–Kier alpha value is -1.98. The Bertz CT molecular complexity index is 453. The minimum atomic E-state index is -0.361. The van der Waals surface area contributed by atoms with Crippen LogP contribution < -0.4 is 20.1 Å². The molecule has 0 atom stereocenters. The van der Waals surface area contributed by atoms with Crippen LogP contribution in [-0.2, 0) is 0 Å². The zero-order valence-corrected chi connectivity index (χ0v) is 12.9. The lowest BCUT2D eigenvalue weighted by Crippen LogP contribution is -2.30. The van der Waals surface area contributed by atoms with Crippen molar-refractivity contribution in [1.29, 1.82) is 0 Å². The summed E-state index contributed by atoms with van der Waals surface area (Å²) in [5, 5.41) is 6.28. The van der Waals surface area contributed by atoms with E-state index in [1.54, 1.807) is 7.11 Å². The molecule has 0 saturated heterocycles. The first-order chi connectivity index (χ1) is 10.2. The normalized spacial score (nSPS) is 11.1. The second-order valence-electron chi connectivity index (χ2n) is 4.23. The molecule has 2 N–H and O–H groups in total. The van der Waals surface area contributed by atoms with Gasteiger partial charge in [-0.2, -0.15) is 0 Å². The summed E-state index contributed by atoms with van der Waals surface area (Å²) in [6.07, 6.45) is 0.420. The third kappa shape index (κ3) is 5.89. The van der Waals surface area contributed by atoms with E-state index in [1.807, 2.05) is 32.0 Å². The van der Waals surface area contributed by atoms with Crippen molar-refractivity contribution >= 4 is 11.6 Å². The van der Waals surface area contributed by atoms with Gasteiger partial charge < -0.3 is 20.1 Å². The first-order valence-electron chi connectivity index (χ1n) is 7.17. The van der Waals surface area contributed by atoms with Gasteiger partial charge in [0, 0.05) is 24.8 Å². The van der Waals surface area contributed by atoms with Crippen LogP contribution in [0.3, 0.4) is 0 Å². The summed E-state index contributed by atoms with van der Waals surface area (Å²) in [6.45, 7) is 5.27. The molecule has 0 aliphatic rings. The molecule has 0 aliphatic carbocycles. The number of hydrogen-bond donors (Lipinski definition) is 2. The Balaban J connectivity index is 2.82. The van der Waals surface area contributed by atoms with Crippen LogP contribution in [0.15, 0.2) is 23.2 Å². The Morgan fingerprint density at radius 2 is 2.10 bits per heavy atom. The number of hydrogen-bond acceptors (Lipinski definition) is 3. The maximum absolute atomic E-state index is 12.1. The van der Waals surface area contributed by atoms with Crippen molar-refractivity contribution in [2.75, 3.05) is 38.8 Å². The number of anilines is 1. The van der Waals surface area contributed by atoms with Gasteiger partial charge in [0.1, 0.15) is 0 Å². The third-order valence-corrected chi connectivity index (χ3v) is 2.63. The van der Waals surface area contributed by atoms with Crippen molar-refractivity contribution in [3.8, 4) is 11.5 Å². The molecular weight excluding hydrogens is 273 g/mol. The molecule has 118 valence electrons. The van der Waals surface area contributed by atoms with E-state index in [9.17, 15) is 4.39 Å². The molecule has 0 radical (unpaired) electrons. The predicted molar refractivity (Wildman–Crippen MR) is 84.4 cm³/mol. The van der Waals surface area contributed by atoms with Crippen LogP contribution in [-0.4, -0.2) is 39.4 Å². The Morgan fingerprint density at radius 1 is 1.29 bits per heavy atom. The number of nitrogens with zero attached hydrogens (tertiary/aromatic N) is 1. The minimum Gasteiger partial charge on any atom is -0.493 e. The van der Waals surface area contributed by atoms with E-state index >= 15 is 0 Å². The fraction of sp³-hybridized carbons (Fsp3) is 0.533. The summed E-state index contributed by atoms with van der Waals surface area (Å²) in [5.74, 6) is 1.98. The molecule has 0 aromatic heterocycles. The van der Waals surface area contributed by atoms with Crippen molar-refractivity contribution in [2.45, 2.75) is 20.3 Å². The zero-order chi connectivity index (χ0) is 15.5. The number of guanidine groups is 1. The molecule has 1 aromatic rings. The molecule has 0 saturated carbocycles. The molecule has 1 rings (SSSR count). The highest BCUT2D eigenvalue weighted by Crippen LogP contribution is 2.30. The molecule has 0 unspecified atom stereocenters. The van der Waals surface area contributed by atoms with E-state index in [0.29, 0.717) is 37.0 Å². The lowest BCUT2D eigenvalue weighted by Gasteiger charge is -2.14. The van der Waals surface area contributed by atoms with Gasteiger partial charge in [0.25, 0.3) is 0 Å². The van der Waals surface area contributed by atoms with Gasteiger partial charge in [-0.15, -0.1) is 0 Å². The third-order valence-electron chi connectivity index (χ3n) is 2.63. The predicted octanol–water partition coefficient (Wildman–Crippen LogP) is 2.83. The van der Waals surface area contributed by atoms with Gasteiger partial charge in [-0.1, -0.05) is 0 Å². The van der Waals surface area contributed by atoms with Gasteiger partial charge in [0.15, 0.2) is 17.5 Å². The monoisotopic (exact) mass is 297 g/mol. The molecule has 6 heteroatoms. The number of alkyl halides is 1. The van der Waals surface area contributed by atoms with Crippen molar-refractivity contribution in [1.82, 2.24) is 5.32 Å². The lowest BCUT2D eigenvalue weighted by atomic mass is 10.2. The molecule has 0 amide bonds. The summed E-state index contributed by atoms with van der Waals surface area (Å²) < 4.78 is 22.9. The van der Waals surface area contributed by atoms with E-state index in [0.717, 1.165) is 12.2 Å². The first kappa shape index (κ1) is 17.1. The largest absolute Gasteiger partial charge is 0.493 e. The van der Waals surface area contributed by atoms with Gasteiger partial charge >= 0.3 is 0 Å². The molecule has 0 bridgehead atoms. The van der Waals surface area contributed by atoms with Crippen LogP contribution >= 0.6 is 0 Å². The van der Waals surface area contributed by atoms with Crippen LogP contribution in [0, 0.1) is 0 Å². The molecule has 0 aliphatic heterocycles. The molecule has 0 heterocycles. The van der Waals surface area contributed by atoms with Gasteiger partial charge in [-0.25, -0.2) is 0 Å². The number of halogens is 1. The van der Waals surface area contributed by atoms with Gasteiger partial charge in [0.05, 0.1) is 20.4 Å². The van der Waals surface area contributed by atoms with Crippen LogP contribution in [0.5, 0.6) is 11.5 Å². The minimum absolute atomic E-state index is 0.361. The average Bonchev–Trinajstić information content (AvgIpc) is 2.48. The maximum Gasteiger partial charge on any atom is 0.195 e. The average molecular weight is 297 g/mol. The SMILES string of the molecule is CCNC(=NCCCF)Nc1ccc(OC)c(OCC)c1. The van der Waals surface area contributed by atoms with Crippen molar-refractivity contribution in [3.05, 3.63) is 18.2 Å². The van der Waals surface area contributed by atoms with Gasteiger partial charge in [-0.05, 0) is 32.4 Å². The van der Waals surface area contributed by atoms with Gasteiger partial charge in [-0.3, -0.25) is 9.38 Å². The zero-order valence-electron chi connectivity index (χ0n) is 12.9. The number of ether oxygens (including phenoxy) is 2. The molecule has 21 heavy (non-hydrogen) atoms. The quantitative estimate of drug-likeness (QED) is 0.440. The van der Waals surface area contributed by atoms with E-state index in [4.69, 9.17) is 9.47 Å². The Morgan fingerprint density at radius 3 is 2.71 bits per heavy atom. The number of benzene rings is 1. The highest BCUT2D eigenvalue weighted by Gasteiger charge is 2.06. The standard InChI is InChI=1S/C15H24FN3O2/c1-4-17-15(18-10-6-9-16)19-12-7-8-13(20-3)14(11-12)21-5-2/h7-8,11H,4-6,9-10H2,1-3H3,(H2,17,18,19). The second kappa shape index (κ2) is 9.85. The van der Waals surface area contributed by atoms with E-state index in [-0.39, 0.29) is 6.67 Å². The number of aliphatic imine (C=N–C) groups is 1. The van der Waals surface area contributed by atoms with Crippen molar-refractivity contribution in [2.24, 2.45) is 4.99 Å².